The van der Waals surface area contributed by atoms with Gasteiger partial charge >= 0.3 is 0 Å². The van der Waals surface area contributed by atoms with Crippen molar-refractivity contribution in [1.29, 1.82) is 0 Å². The largest absolute Gasteiger partial charge is 0.349 e. The molecule has 1 saturated carbocycles. The molecule has 0 bridgehead atoms. The van der Waals surface area contributed by atoms with Gasteiger partial charge in [0.05, 0.1) is 6.54 Å². The maximum absolute atomic E-state index is 11.8. The molecule has 0 unspecified atom stereocenters. The molecular formula is C12H19N3O. The highest BCUT2D eigenvalue weighted by Crippen LogP contribution is 2.28. The number of imidazole rings is 1. The fourth-order valence-electron chi connectivity index (χ4n) is 2.23. The van der Waals surface area contributed by atoms with Crippen molar-refractivity contribution in [2.75, 3.05) is 0 Å². The molecular weight excluding hydrogens is 202 g/mol. The molecule has 1 aliphatic rings. The average molecular weight is 221 g/mol. The molecule has 1 aromatic rings. The van der Waals surface area contributed by atoms with E-state index in [1.54, 1.807) is 12.4 Å². The van der Waals surface area contributed by atoms with Gasteiger partial charge in [0.15, 0.2) is 0 Å². The molecule has 88 valence electrons. The van der Waals surface area contributed by atoms with Crippen LogP contribution in [0.1, 0.15) is 38.4 Å². The van der Waals surface area contributed by atoms with Gasteiger partial charge in [-0.15, -0.1) is 0 Å². The highest BCUT2D eigenvalue weighted by Gasteiger charge is 2.23. The minimum absolute atomic E-state index is 0.184. The molecule has 4 nitrogen and oxygen atoms in total. The lowest BCUT2D eigenvalue weighted by Crippen LogP contribution is -2.32. The molecule has 0 atom stereocenters. The molecule has 1 fully saturated rings. The summed E-state index contributed by atoms with van der Waals surface area (Å²) in [4.78, 5) is 18.9. The first-order chi connectivity index (χ1) is 7.75. The predicted molar refractivity (Wildman–Crippen MR) is 61.6 cm³/mol. The van der Waals surface area contributed by atoms with E-state index in [0.29, 0.717) is 6.54 Å². The zero-order chi connectivity index (χ0) is 11.4. The maximum atomic E-state index is 11.8. The minimum atomic E-state index is 0.184. The number of nitrogens with one attached hydrogen (secondary N) is 2. The van der Waals surface area contributed by atoms with Crippen LogP contribution in [0.2, 0.25) is 0 Å². The quantitative estimate of drug-likeness (QED) is 0.818. The van der Waals surface area contributed by atoms with E-state index in [1.807, 2.05) is 0 Å². The summed E-state index contributed by atoms with van der Waals surface area (Å²) in [7, 11) is 0. The highest BCUT2D eigenvalue weighted by atomic mass is 16.1. The molecule has 4 heteroatoms. The number of nitrogens with zero attached hydrogens (tertiary/aromatic N) is 1. The first-order valence-corrected chi connectivity index (χ1v) is 6.01. The lowest BCUT2D eigenvalue weighted by molar-refractivity contribution is -0.126. The zero-order valence-electron chi connectivity index (χ0n) is 9.70. The van der Waals surface area contributed by atoms with Gasteiger partial charge in [-0.05, 0) is 31.6 Å². The van der Waals surface area contributed by atoms with Crippen molar-refractivity contribution in [2.45, 2.75) is 39.2 Å². The smallest absolute Gasteiger partial charge is 0.223 e. The maximum Gasteiger partial charge on any atom is 0.223 e. The molecule has 1 aromatic heterocycles. The molecule has 0 aromatic carbocycles. The van der Waals surface area contributed by atoms with Gasteiger partial charge in [-0.2, -0.15) is 0 Å². The third-order valence-corrected chi connectivity index (χ3v) is 3.37. The summed E-state index contributed by atoms with van der Waals surface area (Å²) in [6, 6.07) is 0. The lowest BCUT2D eigenvalue weighted by atomic mass is 9.82. The predicted octanol–water partition coefficient (Wildman–Crippen LogP) is 1.85. The Morgan fingerprint density at radius 1 is 1.50 bits per heavy atom. The Morgan fingerprint density at radius 3 is 2.88 bits per heavy atom. The summed E-state index contributed by atoms with van der Waals surface area (Å²) in [6.07, 6.45) is 7.89. The Hall–Kier alpha value is -1.32. The van der Waals surface area contributed by atoms with Gasteiger partial charge in [0.25, 0.3) is 0 Å². The van der Waals surface area contributed by atoms with Crippen LogP contribution in [-0.2, 0) is 11.3 Å². The molecule has 0 saturated heterocycles. The van der Waals surface area contributed by atoms with Crippen LogP contribution in [0, 0.1) is 11.8 Å². The summed E-state index contributed by atoms with van der Waals surface area (Å²) in [5.74, 6) is 2.00. The fourth-order valence-corrected chi connectivity index (χ4v) is 2.23. The second-order valence-electron chi connectivity index (χ2n) is 4.71. The fraction of sp³-hybridized carbons (Fsp3) is 0.667. The van der Waals surface area contributed by atoms with E-state index in [4.69, 9.17) is 0 Å². The number of carbonyl (C=O) groups excluding carboxylic acids is 1. The van der Waals surface area contributed by atoms with Gasteiger partial charge in [-0.25, -0.2) is 4.98 Å². The van der Waals surface area contributed by atoms with E-state index in [9.17, 15) is 4.79 Å². The second kappa shape index (κ2) is 5.14. The van der Waals surface area contributed by atoms with Crippen LogP contribution >= 0.6 is 0 Å². The van der Waals surface area contributed by atoms with Crippen molar-refractivity contribution in [3.05, 3.63) is 18.2 Å². The first kappa shape index (κ1) is 11.2. The topological polar surface area (TPSA) is 57.8 Å². The van der Waals surface area contributed by atoms with Crippen molar-refractivity contribution in [2.24, 2.45) is 11.8 Å². The molecule has 1 aliphatic carbocycles. The summed E-state index contributed by atoms with van der Waals surface area (Å²) in [6.45, 7) is 2.77. The van der Waals surface area contributed by atoms with Gasteiger partial charge in [-0.3, -0.25) is 4.79 Å². The van der Waals surface area contributed by atoms with Crippen molar-refractivity contribution in [3.63, 3.8) is 0 Å². The first-order valence-electron chi connectivity index (χ1n) is 6.01. The molecule has 1 amide bonds. The van der Waals surface area contributed by atoms with E-state index in [0.717, 1.165) is 24.6 Å². The molecule has 16 heavy (non-hydrogen) atoms. The van der Waals surface area contributed by atoms with Crippen molar-refractivity contribution in [1.82, 2.24) is 15.3 Å². The standard InChI is InChI=1S/C12H19N3O/c1-9-2-4-10(5-3-9)12(16)15-8-11-13-6-7-14-11/h6-7,9-10H,2-5,8H2,1H3,(H,13,14)(H,15,16). The number of H-pyrrole nitrogens is 1. The molecule has 0 radical (unpaired) electrons. The van der Waals surface area contributed by atoms with E-state index in [2.05, 4.69) is 22.2 Å². The average Bonchev–Trinajstić information content (AvgIpc) is 2.80. The Bertz CT molecular complexity index is 326. The molecule has 2 rings (SSSR count). The molecule has 0 spiro atoms. The normalized spacial score (nSPS) is 25.3. The van der Waals surface area contributed by atoms with Crippen LogP contribution in [-0.4, -0.2) is 15.9 Å². The Morgan fingerprint density at radius 2 is 2.25 bits per heavy atom. The zero-order valence-corrected chi connectivity index (χ0v) is 9.70. The van der Waals surface area contributed by atoms with Crippen LogP contribution in [0.25, 0.3) is 0 Å². The van der Waals surface area contributed by atoms with Gasteiger partial charge in [0, 0.05) is 18.3 Å². The van der Waals surface area contributed by atoms with Crippen LogP contribution in [0.3, 0.4) is 0 Å². The van der Waals surface area contributed by atoms with Crippen LogP contribution < -0.4 is 5.32 Å². The monoisotopic (exact) mass is 221 g/mol. The number of rotatable bonds is 3. The number of aromatic amines is 1. The Kier molecular flexibility index (Phi) is 3.59. The summed E-state index contributed by atoms with van der Waals surface area (Å²) >= 11 is 0. The highest BCUT2D eigenvalue weighted by molar-refractivity contribution is 5.78. The molecule has 2 N–H and O–H groups in total. The Balaban J connectivity index is 1.75. The third kappa shape index (κ3) is 2.84. The van der Waals surface area contributed by atoms with Crippen molar-refractivity contribution in [3.8, 4) is 0 Å². The van der Waals surface area contributed by atoms with Crippen molar-refractivity contribution >= 4 is 5.91 Å². The number of carbonyl (C=O) groups is 1. The van der Waals surface area contributed by atoms with Crippen LogP contribution in [0.15, 0.2) is 12.4 Å². The van der Waals surface area contributed by atoms with Gasteiger partial charge in [0.1, 0.15) is 5.82 Å². The minimum Gasteiger partial charge on any atom is -0.349 e. The third-order valence-electron chi connectivity index (χ3n) is 3.37. The molecule has 1 heterocycles. The lowest BCUT2D eigenvalue weighted by Gasteiger charge is -2.25. The van der Waals surface area contributed by atoms with E-state index < -0.39 is 0 Å². The molecule has 0 aliphatic heterocycles. The van der Waals surface area contributed by atoms with E-state index in [1.165, 1.54) is 12.8 Å². The second-order valence-corrected chi connectivity index (χ2v) is 4.71. The van der Waals surface area contributed by atoms with Crippen molar-refractivity contribution < 1.29 is 4.79 Å². The van der Waals surface area contributed by atoms with Crippen LogP contribution in [0.4, 0.5) is 0 Å². The van der Waals surface area contributed by atoms with Crippen LogP contribution in [0.5, 0.6) is 0 Å². The van der Waals surface area contributed by atoms with Gasteiger partial charge in [-0.1, -0.05) is 6.92 Å². The van der Waals surface area contributed by atoms with E-state index in [-0.39, 0.29) is 11.8 Å². The van der Waals surface area contributed by atoms with Gasteiger partial charge < -0.3 is 10.3 Å². The van der Waals surface area contributed by atoms with E-state index >= 15 is 0 Å². The SMILES string of the molecule is CC1CCC(C(=O)NCc2ncc[nH]2)CC1. The summed E-state index contributed by atoms with van der Waals surface area (Å²) < 4.78 is 0. The Labute approximate surface area is 95.9 Å². The number of hydrogen-bond acceptors (Lipinski definition) is 2. The number of hydrogen-bond donors (Lipinski definition) is 2. The number of amides is 1. The summed E-state index contributed by atoms with van der Waals surface area (Å²) in [5, 5.41) is 2.94. The summed E-state index contributed by atoms with van der Waals surface area (Å²) in [5.41, 5.74) is 0. The van der Waals surface area contributed by atoms with Gasteiger partial charge in [0.2, 0.25) is 5.91 Å². The number of aromatic nitrogens is 2.